The van der Waals surface area contributed by atoms with Crippen LogP contribution in [-0.4, -0.2) is 12.6 Å². The van der Waals surface area contributed by atoms with Gasteiger partial charge in [0.05, 0.1) is 0 Å². The van der Waals surface area contributed by atoms with E-state index >= 15 is 0 Å². The molecule has 0 fully saturated rings. The zero-order chi connectivity index (χ0) is 21.3. The van der Waals surface area contributed by atoms with E-state index in [1.54, 1.807) is 24.3 Å². The molecule has 4 heteroatoms. The zero-order valence-electron chi connectivity index (χ0n) is 17.2. The molecule has 2 atom stereocenters. The molecule has 2 unspecified atom stereocenters. The van der Waals surface area contributed by atoms with Crippen molar-refractivity contribution >= 4 is 0 Å². The highest BCUT2D eigenvalue weighted by molar-refractivity contribution is 5.33. The van der Waals surface area contributed by atoms with Gasteiger partial charge >= 0.3 is 0 Å². The SMILES string of the molecule is NCCCC(c1ccccc1)C(N)CCC(c1ccc(F)cc1)c1ccc(F)cc1. The molecule has 0 saturated carbocycles. The molecule has 0 bridgehead atoms. The van der Waals surface area contributed by atoms with Crippen molar-refractivity contribution in [2.75, 3.05) is 6.54 Å². The van der Waals surface area contributed by atoms with Crippen LogP contribution in [-0.2, 0) is 0 Å². The fourth-order valence-corrected chi connectivity index (χ4v) is 4.14. The summed E-state index contributed by atoms with van der Waals surface area (Å²) in [6.07, 6.45) is 3.46. The number of halogens is 2. The zero-order valence-corrected chi connectivity index (χ0v) is 17.2. The van der Waals surface area contributed by atoms with Crippen LogP contribution < -0.4 is 11.5 Å². The minimum absolute atomic E-state index is 0.0256. The Morgan fingerprint density at radius 3 is 1.67 bits per heavy atom. The Bertz CT molecular complexity index is 834. The predicted molar refractivity (Wildman–Crippen MR) is 119 cm³/mol. The third-order valence-electron chi connectivity index (χ3n) is 5.80. The molecule has 0 amide bonds. The van der Waals surface area contributed by atoms with Crippen LogP contribution in [0.5, 0.6) is 0 Å². The topological polar surface area (TPSA) is 52.0 Å². The van der Waals surface area contributed by atoms with Gasteiger partial charge in [-0.3, -0.25) is 0 Å². The number of hydrogen-bond donors (Lipinski definition) is 2. The Balaban J connectivity index is 1.79. The monoisotopic (exact) mass is 408 g/mol. The van der Waals surface area contributed by atoms with Gasteiger partial charge in [-0.2, -0.15) is 0 Å². The summed E-state index contributed by atoms with van der Waals surface area (Å²) < 4.78 is 26.9. The molecule has 3 aromatic carbocycles. The second-order valence-electron chi connectivity index (χ2n) is 7.84. The van der Waals surface area contributed by atoms with Crippen molar-refractivity contribution in [1.82, 2.24) is 0 Å². The van der Waals surface area contributed by atoms with Crippen molar-refractivity contribution in [2.24, 2.45) is 11.5 Å². The van der Waals surface area contributed by atoms with Gasteiger partial charge in [0.1, 0.15) is 11.6 Å². The summed E-state index contributed by atoms with van der Waals surface area (Å²) in [7, 11) is 0. The van der Waals surface area contributed by atoms with Crippen LogP contribution in [0.2, 0.25) is 0 Å². The maximum atomic E-state index is 13.5. The smallest absolute Gasteiger partial charge is 0.123 e. The molecule has 30 heavy (non-hydrogen) atoms. The summed E-state index contributed by atoms with van der Waals surface area (Å²) in [6.45, 7) is 0.643. The van der Waals surface area contributed by atoms with E-state index < -0.39 is 0 Å². The van der Waals surface area contributed by atoms with E-state index in [-0.39, 0.29) is 29.5 Å². The van der Waals surface area contributed by atoms with Gasteiger partial charge in [-0.25, -0.2) is 8.78 Å². The van der Waals surface area contributed by atoms with Crippen LogP contribution >= 0.6 is 0 Å². The molecule has 158 valence electrons. The highest BCUT2D eigenvalue weighted by Gasteiger charge is 2.22. The Labute approximate surface area is 177 Å². The fourth-order valence-electron chi connectivity index (χ4n) is 4.14. The first-order valence-corrected chi connectivity index (χ1v) is 10.6. The Morgan fingerprint density at radius 1 is 0.633 bits per heavy atom. The lowest BCUT2D eigenvalue weighted by Crippen LogP contribution is -2.29. The quantitative estimate of drug-likeness (QED) is 0.450. The van der Waals surface area contributed by atoms with Crippen LogP contribution in [0.1, 0.15) is 54.2 Å². The van der Waals surface area contributed by atoms with E-state index in [0.29, 0.717) is 6.54 Å². The van der Waals surface area contributed by atoms with E-state index in [4.69, 9.17) is 11.5 Å². The van der Waals surface area contributed by atoms with Crippen molar-refractivity contribution < 1.29 is 8.78 Å². The average Bonchev–Trinajstić information content (AvgIpc) is 2.77. The first-order chi connectivity index (χ1) is 14.6. The van der Waals surface area contributed by atoms with Crippen LogP contribution in [0, 0.1) is 11.6 Å². The van der Waals surface area contributed by atoms with Crippen LogP contribution in [0.3, 0.4) is 0 Å². The van der Waals surface area contributed by atoms with Crippen molar-refractivity contribution in [1.29, 1.82) is 0 Å². The van der Waals surface area contributed by atoms with Crippen LogP contribution in [0.15, 0.2) is 78.9 Å². The second kappa shape index (κ2) is 11.0. The normalized spacial score (nSPS) is 13.4. The van der Waals surface area contributed by atoms with Gasteiger partial charge in [0.25, 0.3) is 0 Å². The molecule has 0 aliphatic carbocycles. The Hall–Kier alpha value is -2.56. The number of rotatable bonds is 10. The molecule has 3 rings (SSSR count). The number of nitrogens with two attached hydrogens (primary N) is 2. The molecule has 3 aromatic rings. The summed E-state index contributed by atoms with van der Waals surface area (Å²) in [6, 6.07) is 23.4. The largest absolute Gasteiger partial charge is 0.330 e. The highest BCUT2D eigenvalue weighted by Crippen LogP contribution is 2.33. The van der Waals surface area contributed by atoms with E-state index in [9.17, 15) is 8.78 Å². The molecule has 0 heterocycles. The lowest BCUT2D eigenvalue weighted by molar-refractivity contribution is 0.444. The summed E-state index contributed by atoms with van der Waals surface area (Å²) in [5.41, 5.74) is 15.7. The van der Waals surface area contributed by atoms with Gasteiger partial charge in [0.15, 0.2) is 0 Å². The van der Waals surface area contributed by atoms with Gasteiger partial charge in [0.2, 0.25) is 0 Å². The summed E-state index contributed by atoms with van der Waals surface area (Å²) in [5, 5.41) is 0. The summed E-state index contributed by atoms with van der Waals surface area (Å²) in [5.74, 6) is -0.265. The van der Waals surface area contributed by atoms with Crippen molar-refractivity contribution in [3.05, 3.63) is 107 Å². The Morgan fingerprint density at radius 2 is 1.17 bits per heavy atom. The second-order valence-corrected chi connectivity index (χ2v) is 7.84. The molecule has 0 spiro atoms. The molecular formula is C26H30F2N2. The lowest BCUT2D eigenvalue weighted by Gasteiger charge is -2.27. The van der Waals surface area contributed by atoms with E-state index in [1.165, 1.54) is 29.8 Å². The molecule has 2 nitrogen and oxygen atoms in total. The van der Waals surface area contributed by atoms with Gasteiger partial charge < -0.3 is 11.5 Å². The maximum absolute atomic E-state index is 13.5. The summed E-state index contributed by atoms with van der Waals surface area (Å²) >= 11 is 0. The Kier molecular flexibility index (Phi) is 8.12. The molecule has 0 saturated heterocycles. The highest BCUT2D eigenvalue weighted by atomic mass is 19.1. The first-order valence-electron chi connectivity index (χ1n) is 10.6. The number of hydrogen-bond acceptors (Lipinski definition) is 2. The standard InChI is InChI=1S/C26H30F2N2/c27-22-12-8-20(9-13-22)24(21-10-14-23(28)15-11-21)16-17-26(30)25(7-4-18-29)19-5-2-1-3-6-19/h1-3,5-6,8-15,24-26H,4,7,16-18,29-30H2. The average molecular weight is 409 g/mol. The third-order valence-corrected chi connectivity index (χ3v) is 5.80. The van der Waals surface area contributed by atoms with Crippen molar-refractivity contribution in [3.8, 4) is 0 Å². The lowest BCUT2D eigenvalue weighted by atomic mass is 9.81. The molecule has 0 aromatic heterocycles. The minimum Gasteiger partial charge on any atom is -0.330 e. The van der Waals surface area contributed by atoms with Crippen molar-refractivity contribution in [3.63, 3.8) is 0 Å². The summed E-state index contributed by atoms with van der Waals surface area (Å²) in [4.78, 5) is 0. The third kappa shape index (κ3) is 5.97. The van der Waals surface area contributed by atoms with E-state index in [2.05, 4.69) is 12.1 Å². The molecule has 0 radical (unpaired) electrons. The fraction of sp³-hybridized carbons (Fsp3) is 0.308. The predicted octanol–water partition coefficient (Wildman–Crippen LogP) is 5.73. The van der Waals surface area contributed by atoms with Crippen molar-refractivity contribution in [2.45, 2.75) is 43.6 Å². The number of benzene rings is 3. The van der Waals surface area contributed by atoms with Gasteiger partial charge in [-0.1, -0.05) is 54.6 Å². The van der Waals surface area contributed by atoms with Gasteiger partial charge in [-0.05, 0) is 79.1 Å². The molecule has 0 aliphatic heterocycles. The first kappa shape index (κ1) is 22.1. The molecule has 4 N–H and O–H groups in total. The van der Waals surface area contributed by atoms with Crippen LogP contribution in [0.25, 0.3) is 0 Å². The molecular weight excluding hydrogens is 378 g/mol. The molecule has 0 aliphatic rings. The van der Waals surface area contributed by atoms with Gasteiger partial charge in [-0.15, -0.1) is 0 Å². The van der Waals surface area contributed by atoms with Crippen LogP contribution in [0.4, 0.5) is 8.78 Å². The minimum atomic E-state index is -0.265. The van der Waals surface area contributed by atoms with E-state index in [1.807, 2.05) is 18.2 Å². The van der Waals surface area contributed by atoms with Gasteiger partial charge in [0, 0.05) is 12.0 Å². The van der Waals surface area contributed by atoms with E-state index in [0.717, 1.165) is 36.8 Å². The maximum Gasteiger partial charge on any atom is 0.123 e.